The number of hydrogen-bond acceptors (Lipinski definition) is 2. The van der Waals surface area contributed by atoms with E-state index < -0.39 is 0 Å². The molecule has 1 aromatic carbocycles. The largest absolute Gasteiger partial charge is 0.331 e. The number of benzene rings is 1. The molecular formula is C15H19FN2O. The first-order chi connectivity index (χ1) is 9.08. The second-order valence-corrected chi connectivity index (χ2v) is 5.69. The van der Waals surface area contributed by atoms with Crippen LogP contribution in [0.25, 0.3) is 0 Å². The Bertz CT molecular complexity index is 513. The summed E-state index contributed by atoms with van der Waals surface area (Å²) in [5.41, 5.74) is 7.65. The molecule has 2 N–H and O–H groups in total. The van der Waals surface area contributed by atoms with E-state index in [1.165, 1.54) is 6.07 Å². The Balaban J connectivity index is 1.97. The van der Waals surface area contributed by atoms with Gasteiger partial charge in [-0.3, -0.25) is 4.79 Å². The molecule has 1 saturated carbocycles. The molecule has 0 radical (unpaired) electrons. The minimum Gasteiger partial charge on any atom is -0.331 e. The fourth-order valence-corrected chi connectivity index (χ4v) is 2.92. The summed E-state index contributed by atoms with van der Waals surface area (Å²) < 4.78 is 13.8. The molecule has 1 aliphatic carbocycles. The van der Waals surface area contributed by atoms with Crippen molar-refractivity contribution < 1.29 is 9.18 Å². The monoisotopic (exact) mass is 262 g/mol. The molecule has 0 aromatic heterocycles. The van der Waals surface area contributed by atoms with Crippen LogP contribution in [0.5, 0.6) is 0 Å². The number of nitrogens with zero attached hydrogens (tertiary/aromatic N) is 1. The number of hydrogen-bond donors (Lipinski definition) is 1. The molecule has 3 rings (SSSR count). The summed E-state index contributed by atoms with van der Waals surface area (Å²) >= 11 is 0. The topological polar surface area (TPSA) is 46.3 Å². The van der Waals surface area contributed by atoms with Crippen molar-refractivity contribution in [2.45, 2.75) is 50.7 Å². The zero-order valence-corrected chi connectivity index (χ0v) is 11.1. The van der Waals surface area contributed by atoms with E-state index in [1.54, 1.807) is 13.0 Å². The first-order valence-corrected chi connectivity index (χ1v) is 6.90. The summed E-state index contributed by atoms with van der Waals surface area (Å²) in [7, 11) is 0. The van der Waals surface area contributed by atoms with E-state index in [9.17, 15) is 9.18 Å². The van der Waals surface area contributed by atoms with E-state index in [0.717, 1.165) is 18.4 Å². The fourth-order valence-electron chi connectivity index (χ4n) is 2.92. The summed E-state index contributed by atoms with van der Waals surface area (Å²) in [5, 5.41) is 0. The van der Waals surface area contributed by atoms with Gasteiger partial charge in [0.2, 0.25) is 5.91 Å². The number of halogens is 1. The summed E-state index contributed by atoms with van der Waals surface area (Å²) in [6.07, 6.45) is 3.29. The van der Waals surface area contributed by atoms with Crippen LogP contribution in [0, 0.1) is 12.7 Å². The average Bonchev–Trinajstić information content (AvgIpc) is 3.19. The molecule has 0 spiro atoms. The maximum absolute atomic E-state index is 13.8. The molecule has 3 nitrogen and oxygen atoms in total. The highest BCUT2D eigenvalue weighted by Gasteiger charge is 2.43. The molecule has 1 saturated heterocycles. The Morgan fingerprint density at radius 2 is 2.05 bits per heavy atom. The lowest BCUT2D eigenvalue weighted by molar-refractivity contribution is -0.138. The van der Waals surface area contributed by atoms with Crippen LogP contribution in [-0.4, -0.2) is 22.9 Å². The Morgan fingerprint density at radius 1 is 1.32 bits per heavy atom. The van der Waals surface area contributed by atoms with Crippen LogP contribution < -0.4 is 5.73 Å². The van der Waals surface area contributed by atoms with E-state index in [-0.39, 0.29) is 23.8 Å². The highest BCUT2D eigenvalue weighted by atomic mass is 19.1. The van der Waals surface area contributed by atoms with Crippen molar-refractivity contribution in [3.05, 3.63) is 35.1 Å². The van der Waals surface area contributed by atoms with E-state index in [1.807, 2.05) is 11.0 Å². The molecule has 1 aromatic rings. The minimum atomic E-state index is -0.224. The first kappa shape index (κ1) is 12.6. The van der Waals surface area contributed by atoms with E-state index >= 15 is 0 Å². The summed E-state index contributed by atoms with van der Waals surface area (Å²) in [5.74, 6) is -0.0614. The molecule has 4 heteroatoms. The van der Waals surface area contributed by atoms with Crippen molar-refractivity contribution in [2.75, 3.05) is 0 Å². The molecule has 19 heavy (non-hydrogen) atoms. The number of amides is 1. The van der Waals surface area contributed by atoms with Crippen LogP contribution >= 0.6 is 0 Å². The Hall–Kier alpha value is -1.42. The predicted molar refractivity (Wildman–Crippen MR) is 71.0 cm³/mol. The smallest absolute Gasteiger partial charge is 0.223 e. The van der Waals surface area contributed by atoms with Gasteiger partial charge in [-0.1, -0.05) is 12.1 Å². The molecule has 1 amide bonds. The van der Waals surface area contributed by atoms with Gasteiger partial charge in [-0.2, -0.15) is 0 Å². The van der Waals surface area contributed by atoms with Crippen molar-refractivity contribution >= 4 is 5.91 Å². The Morgan fingerprint density at radius 3 is 2.68 bits per heavy atom. The second-order valence-electron chi connectivity index (χ2n) is 5.69. The van der Waals surface area contributed by atoms with Gasteiger partial charge in [-0.05, 0) is 43.4 Å². The SMILES string of the molecule is Cc1ccc(C2C(N)CCC(=O)N2C2CC2)cc1F. The normalized spacial score (nSPS) is 27.7. The van der Waals surface area contributed by atoms with Gasteiger partial charge in [0.1, 0.15) is 5.82 Å². The third-order valence-electron chi connectivity index (χ3n) is 4.16. The van der Waals surface area contributed by atoms with Gasteiger partial charge >= 0.3 is 0 Å². The molecule has 102 valence electrons. The molecule has 2 aliphatic rings. The van der Waals surface area contributed by atoms with Crippen LogP contribution in [0.3, 0.4) is 0 Å². The Kier molecular flexibility index (Phi) is 3.05. The lowest BCUT2D eigenvalue weighted by Crippen LogP contribution is -2.49. The van der Waals surface area contributed by atoms with Gasteiger partial charge in [-0.25, -0.2) is 4.39 Å². The maximum atomic E-state index is 13.8. The van der Waals surface area contributed by atoms with E-state index in [4.69, 9.17) is 5.73 Å². The van der Waals surface area contributed by atoms with Crippen molar-refractivity contribution in [1.29, 1.82) is 0 Å². The number of rotatable bonds is 2. The fraction of sp³-hybridized carbons (Fsp3) is 0.533. The lowest BCUT2D eigenvalue weighted by atomic mass is 9.90. The van der Waals surface area contributed by atoms with Gasteiger partial charge in [-0.15, -0.1) is 0 Å². The molecule has 1 heterocycles. The summed E-state index contributed by atoms with van der Waals surface area (Å²) in [6.45, 7) is 1.74. The molecule has 2 atom stereocenters. The molecule has 0 bridgehead atoms. The van der Waals surface area contributed by atoms with Crippen LogP contribution in [0.4, 0.5) is 4.39 Å². The second kappa shape index (κ2) is 4.60. The van der Waals surface area contributed by atoms with Gasteiger partial charge < -0.3 is 10.6 Å². The highest BCUT2D eigenvalue weighted by Crippen LogP contribution is 2.40. The summed E-state index contributed by atoms with van der Waals surface area (Å²) in [6, 6.07) is 5.25. The van der Waals surface area contributed by atoms with Crippen molar-refractivity contribution in [1.82, 2.24) is 4.90 Å². The number of nitrogens with two attached hydrogens (primary N) is 1. The van der Waals surface area contributed by atoms with Crippen LogP contribution in [0.2, 0.25) is 0 Å². The number of aryl methyl sites for hydroxylation is 1. The molecule has 2 fully saturated rings. The number of likely N-dealkylation sites (tertiary alicyclic amines) is 1. The van der Waals surface area contributed by atoms with Crippen molar-refractivity contribution in [3.8, 4) is 0 Å². The van der Waals surface area contributed by atoms with Gasteiger partial charge in [0.05, 0.1) is 6.04 Å². The quantitative estimate of drug-likeness (QED) is 0.889. The maximum Gasteiger partial charge on any atom is 0.223 e. The van der Waals surface area contributed by atoms with Crippen LogP contribution in [0.15, 0.2) is 18.2 Å². The van der Waals surface area contributed by atoms with Gasteiger partial charge in [0.25, 0.3) is 0 Å². The third kappa shape index (κ3) is 2.25. The standard InChI is InChI=1S/C15H19FN2O/c1-9-2-3-10(8-12(9)16)15-13(17)6-7-14(19)18(15)11-4-5-11/h2-3,8,11,13,15H,4-7,17H2,1H3. The molecular weight excluding hydrogens is 243 g/mol. The minimum absolute atomic E-state index is 0.0968. The van der Waals surface area contributed by atoms with E-state index in [2.05, 4.69) is 0 Å². The zero-order valence-electron chi connectivity index (χ0n) is 11.1. The first-order valence-electron chi connectivity index (χ1n) is 6.90. The number of carbonyl (C=O) groups is 1. The van der Waals surface area contributed by atoms with Crippen LogP contribution in [0.1, 0.15) is 42.9 Å². The number of carbonyl (C=O) groups excluding carboxylic acids is 1. The van der Waals surface area contributed by atoms with E-state index in [0.29, 0.717) is 24.4 Å². The lowest BCUT2D eigenvalue weighted by Gasteiger charge is -2.40. The highest BCUT2D eigenvalue weighted by molar-refractivity contribution is 5.78. The van der Waals surface area contributed by atoms with Crippen molar-refractivity contribution in [3.63, 3.8) is 0 Å². The predicted octanol–water partition coefficient (Wildman–Crippen LogP) is 2.29. The molecule has 1 aliphatic heterocycles. The summed E-state index contributed by atoms with van der Waals surface area (Å²) in [4.78, 5) is 14.0. The average molecular weight is 262 g/mol. The Labute approximate surface area is 112 Å². The van der Waals surface area contributed by atoms with Crippen LogP contribution in [-0.2, 0) is 4.79 Å². The zero-order chi connectivity index (χ0) is 13.6. The van der Waals surface area contributed by atoms with Gasteiger partial charge in [0, 0.05) is 18.5 Å². The van der Waals surface area contributed by atoms with Gasteiger partial charge in [0.15, 0.2) is 0 Å². The number of piperidine rings is 1. The third-order valence-corrected chi connectivity index (χ3v) is 4.16. The molecule has 2 unspecified atom stereocenters. The van der Waals surface area contributed by atoms with Crippen molar-refractivity contribution in [2.24, 2.45) is 5.73 Å².